The standard InChI is InChI=1S/C19H17N3O6S2/c1-29(23,24)19-8-6-16(20-21-19)13-3-2-4-14(11-13)22-30(25,26)15-5-7-17-18(12-15)28-10-9-27-17/h2-8,11-12,22H,9-10H2,1H3. The van der Waals surface area contributed by atoms with E-state index < -0.39 is 19.9 Å². The van der Waals surface area contributed by atoms with E-state index in [9.17, 15) is 16.8 Å². The number of hydrogen-bond acceptors (Lipinski definition) is 8. The maximum absolute atomic E-state index is 12.8. The molecule has 0 atom stereocenters. The molecule has 30 heavy (non-hydrogen) atoms. The average Bonchev–Trinajstić information content (AvgIpc) is 2.73. The van der Waals surface area contributed by atoms with Gasteiger partial charge < -0.3 is 9.47 Å². The largest absolute Gasteiger partial charge is 0.486 e. The van der Waals surface area contributed by atoms with Crippen molar-refractivity contribution in [1.29, 1.82) is 0 Å². The van der Waals surface area contributed by atoms with Crippen LogP contribution >= 0.6 is 0 Å². The summed E-state index contributed by atoms with van der Waals surface area (Å²) in [6.45, 7) is 0.767. The predicted octanol–water partition coefficient (Wildman–Crippen LogP) is 2.12. The van der Waals surface area contributed by atoms with Crippen molar-refractivity contribution in [2.75, 3.05) is 24.2 Å². The summed E-state index contributed by atoms with van der Waals surface area (Å²) in [7, 11) is -7.33. The number of nitrogens with zero attached hydrogens (tertiary/aromatic N) is 2. The number of benzene rings is 2. The lowest BCUT2D eigenvalue weighted by Crippen LogP contribution is -2.17. The highest BCUT2D eigenvalue weighted by atomic mass is 32.2. The third kappa shape index (κ3) is 4.21. The van der Waals surface area contributed by atoms with Crippen LogP contribution in [0.1, 0.15) is 0 Å². The lowest BCUT2D eigenvalue weighted by Gasteiger charge is -2.19. The molecule has 3 aromatic rings. The van der Waals surface area contributed by atoms with Crippen LogP contribution in [0.25, 0.3) is 11.3 Å². The summed E-state index contributed by atoms with van der Waals surface area (Å²) in [5.74, 6) is 0.873. The molecule has 0 bridgehead atoms. The molecule has 156 valence electrons. The van der Waals surface area contributed by atoms with Gasteiger partial charge in [-0.1, -0.05) is 12.1 Å². The molecule has 0 radical (unpaired) electrons. The highest BCUT2D eigenvalue weighted by molar-refractivity contribution is 7.92. The average molecular weight is 447 g/mol. The molecule has 2 aromatic carbocycles. The molecule has 4 rings (SSSR count). The van der Waals surface area contributed by atoms with Crippen LogP contribution in [-0.2, 0) is 19.9 Å². The third-order valence-corrected chi connectivity index (χ3v) is 6.61. The Labute approximate surface area is 173 Å². The smallest absolute Gasteiger partial charge is 0.262 e. The first kappa shape index (κ1) is 20.1. The van der Waals surface area contributed by atoms with Gasteiger partial charge in [-0.2, -0.15) is 0 Å². The number of sulfone groups is 1. The Bertz CT molecular complexity index is 1310. The lowest BCUT2D eigenvalue weighted by atomic mass is 10.1. The summed E-state index contributed by atoms with van der Waals surface area (Å²) >= 11 is 0. The Kier molecular flexibility index (Phi) is 5.08. The molecule has 9 nitrogen and oxygen atoms in total. The molecule has 0 saturated heterocycles. The molecule has 11 heteroatoms. The Morgan fingerprint density at radius 2 is 1.63 bits per heavy atom. The van der Waals surface area contributed by atoms with E-state index in [1.165, 1.54) is 24.3 Å². The molecule has 1 aliphatic heterocycles. The topological polar surface area (TPSA) is 125 Å². The van der Waals surface area contributed by atoms with Gasteiger partial charge in [0.25, 0.3) is 10.0 Å². The summed E-state index contributed by atoms with van der Waals surface area (Å²) in [4.78, 5) is 0.0365. The van der Waals surface area contributed by atoms with Crippen LogP contribution in [0.5, 0.6) is 11.5 Å². The van der Waals surface area contributed by atoms with Crippen LogP contribution < -0.4 is 14.2 Å². The van der Waals surface area contributed by atoms with Crippen LogP contribution in [0.4, 0.5) is 5.69 Å². The number of aromatic nitrogens is 2. The van der Waals surface area contributed by atoms with E-state index in [0.717, 1.165) is 6.26 Å². The number of fused-ring (bicyclic) bond motifs is 1. The summed E-state index contributed by atoms with van der Waals surface area (Å²) in [6, 6.07) is 13.8. The maximum atomic E-state index is 12.8. The Morgan fingerprint density at radius 3 is 2.33 bits per heavy atom. The number of hydrogen-bond donors (Lipinski definition) is 1. The van der Waals surface area contributed by atoms with E-state index in [-0.39, 0.29) is 9.92 Å². The van der Waals surface area contributed by atoms with Gasteiger partial charge in [-0.25, -0.2) is 16.8 Å². The van der Waals surface area contributed by atoms with Crippen molar-refractivity contribution in [1.82, 2.24) is 10.2 Å². The van der Waals surface area contributed by atoms with Gasteiger partial charge in [0.2, 0.25) is 0 Å². The highest BCUT2D eigenvalue weighted by Gasteiger charge is 2.20. The summed E-state index contributed by atoms with van der Waals surface area (Å²) in [5, 5.41) is 7.50. The van der Waals surface area contributed by atoms with Crippen molar-refractivity contribution < 1.29 is 26.3 Å². The van der Waals surface area contributed by atoms with Gasteiger partial charge in [0.1, 0.15) is 13.2 Å². The van der Waals surface area contributed by atoms with Crippen LogP contribution in [0, 0.1) is 0 Å². The number of nitrogens with one attached hydrogen (secondary N) is 1. The van der Waals surface area contributed by atoms with Crippen LogP contribution in [0.15, 0.2) is 64.5 Å². The van der Waals surface area contributed by atoms with Crippen molar-refractivity contribution in [2.45, 2.75) is 9.92 Å². The Balaban J connectivity index is 1.60. The van der Waals surface area contributed by atoms with Crippen molar-refractivity contribution >= 4 is 25.5 Å². The summed E-state index contributed by atoms with van der Waals surface area (Å²) in [6.07, 6.45) is 1.05. The molecule has 2 heterocycles. The van der Waals surface area contributed by atoms with Crippen molar-refractivity contribution in [3.05, 3.63) is 54.6 Å². The van der Waals surface area contributed by atoms with Gasteiger partial charge in [0, 0.05) is 23.6 Å². The van der Waals surface area contributed by atoms with Crippen molar-refractivity contribution in [2.24, 2.45) is 0 Å². The SMILES string of the molecule is CS(=O)(=O)c1ccc(-c2cccc(NS(=O)(=O)c3ccc4c(c3)OCCO4)c2)nn1. The molecular formula is C19H17N3O6S2. The highest BCUT2D eigenvalue weighted by Crippen LogP contribution is 2.33. The Hall–Kier alpha value is -3.18. The lowest BCUT2D eigenvalue weighted by molar-refractivity contribution is 0.171. The number of ether oxygens (including phenoxy) is 2. The van der Waals surface area contributed by atoms with Crippen molar-refractivity contribution in [3.8, 4) is 22.8 Å². The molecule has 0 saturated carbocycles. The van der Waals surface area contributed by atoms with Gasteiger partial charge in [-0.3, -0.25) is 4.72 Å². The van der Waals surface area contributed by atoms with E-state index in [0.29, 0.717) is 41.7 Å². The maximum Gasteiger partial charge on any atom is 0.262 e. The van der Waals surface area contributed by atoms with Gasteiger partial charge in [0.15, 0.2) is 26.4 Å². The summed E-state index contributed by atoms with van der Waals surface area (Å²) < 4.78 is 62.0. The molecule has 0 amide bonds. The van der Waals surface area contributed by atoms with Gasteiger partial charge >= 0.3 is 0 Å². The van der Waals surface area contributed by atoms with E-state index in [4.69, 9.17) is 9.47 Å². The van der Waals surface area contributed by atoms with E-state index in [1.54, 1.807) is 30.3 Å². The number of anilines is 1. The molecule has 1 N–H and O–H groups in total. The summed E-state index contributed by atoms with van der Waals surface area (Å²) in [5.41, 5.74) is 1.30. The predicted molar refractivity (Wildman–Crippen MR) is 109 cm³/mol. The van der Waals surface area contributed by atoms with Crippen LogP contribution in [0.2, 0.25) is 0 Å². The number of sulfonamides is 1. The fraction of sp³-hybridized carbons (Fsp3) is 0.158. The quantitative estimate of drug-likeness (QED) is 0.631. The minimum absolute atomic E-state index is 0.0365. The molecule has 0 fully saturated rings. The minimum Gasteiger partial charge on any atom is -0.486 e. The van der Waals surface area contributed by atoms with Crippen molar-refractivity contribution in [3.63, 3.8) is 0 Å². The number of rotatable bonds is 5. The first-order valence-corrected chi connectivity index (χ1v) is 12.2. The van der Waals surface area contributed by atoms with Gasteiger partial charge in [-0.05, 0) is 36.4 Å². The third-order valence-electron chi connectivity index (χ3n) is 4.25. The minimum atomic E-state index is -3.87. The molecule has 1 aliphatic rings. The molecule has 1 aromatic heterocycles. The van der Waals surface area contributed by atoms with E-state index in [2.05, 4.69) is 14.9 Å². The van der Waals surface area contributed by atoms with Crippen LogP contribution in [0.3, 0.4) is 0 Å². The molecule has 0 spiro atoms. The Morgan fingerprint density at radius 1 is 0.867 bits per heavy atom. The second-order valence-corrected chi connectivity index (χ2v) is 10.2. The normalized spacial score (nSPS) is 13.6. The fourth-order valence-electron chi connectivity index (χ4n) is 2.82. The second kappa shape index (κ2) is 7.58. The van der Waals surface area contributed by atoms with E-state index >= 15 is 0 Å². The van der Waals surface area contributed by atoms with Crippen LogP contribution in [-0.4, -0.2) is 46.5 Å². The first-order chi connectivity index (χ1) is 14.2. The monoisotopic (exact) mass is 447 g/mol. The second-order valence-electron chi connectivity index (χ2n) is 6.52. The van der Waals surface area contributed by atoms with E-state index in [1.807, 2.05) is 0 Å². The molecule has 0 unspecified atom stereocenters. The fourth-order valence-corrected chi connectivity index (χ4v) is 4.39. The molecule has 0 aliphatic carbocycles. The zero-order valence-corrected chi connectivity index (χ0v) is 17.4. The molecular weight excluding hydrogens is 430 g/mol. The van der Waals surface area contributed by atoms with Gasteiger partial charge in [0.05, 0.1) is 10.6 Å². The zero-order valence-electron chi connectivity index (χ0n) is 15.8. The zero-order chi connectivity index (χ0) is 21.4. The first-order valence-electron chi connectivity index (χ1n) is 8.79. The van der Waals surface area contributed by atoms with Gasteiger partial charge in [-0.15, -0.1) is 10.2 Å².